The van der Waals surface area contributed by atoms with Crippen molar-refractivity contribution in [2.24, 2.45) is 0 Å². The molecule has 0 saturated carbocycles. The lowest BCUT2D eigenvalue weighted by atomic mass is 10.1. The van der Waals surface area contributed by atoms with Gasteiger partial charge in [-0.1, -0.05) is 18.3 Å². The van der Waals surface area contributed by atoms with E-state index < -0.39 is 11.7 Å². The van der Waals surface area contributed by atoms with Crippen molar-refractivity contribution < 1.29 is 22.0 Å². The molecule has 0 atom stereocenters. The summed E-state index contributed by atoms with van der Waals surface area (Å²) < 4.78 is 57.8. The number of piperazine rings is 1. The highest BCUT2D eigenvalue weighted by Gasteiger charge is 2.31. The normalized spacial score (nSPS) is 14.8. The van der Waals surface area contributed by atoms with E-state index in [9.17, 15) is 17.6 Å². The molecule has 2 heterocycles. The van der Waals surface area contributed by atoms with Crippen molar-refractivity contribution in [1.82, 2.24) is 4.90 Å². The van der Waals surface area contributed by atoms with Gasteiger partial charge >= 0.3 is 6.18 Å². The molecular weight excluding hydrogens is 416 g/mol. The minimum absolute atomic E-state index is 0.320. The number of benzene rings is 2. The Hall–Kier alpha value is -2.87. The maximum atomic E-state index is 13.1. The van der Waals surface area contributed by atoms with Gasteiger partial charge in [0.1, 0.15) is 16.6 Å². The Morgan fingerprint density at radius 2 is 1.60 bits per heavy atom. The van der Waals surface area contributed by atoms with E-state index in [0.29, 0.717) is 48.4 Å². The van der Waals surface area contributed by atoms with E-state index in [2.05, 4.69) is 0 Å². The molecule has 0 unspecified atom stereocenters. The molecule has 0 bridgehead atoms. The van der Waals surface area contributed by atoms with Crippen LogP contribution in [0.25, 0.3) is 11.3 Å². The molecule has 1 aliphatic heterocycles. The van der Waals surface area contributed by atoms with Crippen LogP contribution in [-0.2, 0) is 6.18 Å². The van der Waals surface area contributed by atoms with E-state index in [0.717, 1.165) is 11.6 Å². The quantitative estimate of drug-likeness (QED) is 0.395. The third-order valence-electron chi connectivity index (χ3n) is 5.05. The van der Waals surface area contributed by atoms with Crippen LogP contribution in [0.3, 0.4) is 0 Å². The van der Waals surface area contributed by atoms with E-state index in [1.54, 1.807) is 30.3 Å². The highest BCUT2D eigenvalue weighted by Crippen LogP contribution is 2.32. The summed E-state index contributed by atoms with van der Waals surface area (Å²) >= 11 is 5.55. The Labute approximate surface area is 176 Å². The zero-order chi connectivity index (χ0) is 21.3. The first-order valence-electron chi connectivity index (χ1n) is 9.38. The average Bonchev–Trinajstić information content (AvgIpc) is 3.24. The van der Waals surface area contributed by atoms with Gasteiger partial charge in [0.05, 0.1) is 5.56 Å². The molecule has 0 aliphatic carbocycles. The summed E-state index contributed by atoms with van der Waals surface area (Å²) in [6.45, 7) is 2.24. The van der Waals surface area contributed by atoms with E-state index >= 15 is 0 Å². The molecule has 1 aliphatic rings. The van der Waals surface area contributed by atoms with Gasteiger partial charge in [-0.15, -0.1) is 0 Å². The highest BCUT2D eigenvalue weighted by molar-refractivity contribution is 7.80. The Balaban J connectivity index is 1.41. The largest absolute Gasteiger partial charge is 0.454 e. The second-order valence-electron chi connectivity index (χ2n) is 7.00. The Kier molecular flexibility index (Phi) is 5.51. The number of nitrogens with zero attached hydrogens (tertiary/aromatic N) is 2. The second-order valence-corrected chi connectivity index (χ2v) is 7.38. The van der Waals surface area contributed by atoms with E-state index in [-0.39, 0.29) is 5.82 Å². The molecule has 3 aromatic rings. The van der Waals surface area contributed by atoms with Crippen LogP contribution in [0.1, 0.15) is 11.3 Å². The van der Waals surface area contributed by atoms with Crippen LogP contribution in [0.15, 0.2) is 65.1 Å². The zero-order valence-corrected chi connectivity index (χ0v) is 16.6. The molecule has 0 radical (unpaired) electrons. The first kappa shape index (κ1) is 20.4. The average molecular weight is 434 g/mol. The molecule has 1 fully saturated rings. The lowest BCUT2D eigenvalue weighted by Gasteiger charge is -2.37. The van der Waals surface area contributed by atoms with E-state index in [4.69, 9.17) is 16.6 Å². The minimum Gasteiger partial charge on any atom is -0.454 e. The molecule has 4 rings (SSSR count). The van der Waals surface area contributed by atoms with Crippen molar-refractivity contribution in [3.8, 4) is 11.3 Å². The second kappa shape index (κ2) is 8.10. The number of halogens is 4. The smallest absolute Gasteiger partial charge is 0.416 e. The summed E-state index contributed by atoms with van der Waals surface area (Å²) in [6.07, 6.45) is -4.36. The minimum atomic E-state index is -4.36. The molecular formula is C22H18F4N2OS. The lowest BCUT2D eigenvalue weighted by molar-refractivity contribution is -0.137. The highest BCUT2D eigenvalue weighted by atomic mass is 32.1. The Morgan fingerprint density at radius 1 is 0.900 bits per heavy atom. The van der Waals surface area contributed by atoms with Gasteiger partial charge in [0.2, 0.25) is 0 Å². The van der Waals surface area contributed by atoms with Gasteiger partial charge in [-0.3, -0.25) is 0 Å². The molecule has 30 heavy (non-hydrogen) atoms. The molecule has 1 aromatic heterocycles. The number of anilines is 1. The molecule has 0 spiro atoms. The molecule has 3 nitrogen and oxygen atoms in total. The topological polar surface area (TPSA) is 19.6 Å². The third-order valence-corrected chi connectivity index (χ3v) is 5.51. The summed E-state index contributed by atoms with van der Waals surface area (Å²) in [5.74, 6) is 0.812. The molecule has 1 saturated heterocycles. The van der Waals surface area contributed by atoms with Crippen molar-refractivity contribution in [2.75, 3.05) is 31.1 Å². The first-order chi connectivity index (χ1) is 14.3. The Morgan fingerprint density at radius 3 is 2.27 bits per heavy atom. The summed E-state index contributed by atoms with van der Waals surface area (Å²) in [4.78, 5) is 4.44. The van der Waals surface area contributed by atoms with Crippen molar-refractivity contribution in [3.63, 3.8) is 0 Å². The maximum absolute atomic E-state index is 13.1. The number of rotatable bonds is 3. The van der Waals surface area contributed by atoms with E-state index in [1.807, 2.05) is 9.80 Å². The van der Waals surface area contributed by atoms with Gasteiger partial charge in [-0.05, 0) is 54.6 Å². The van der Waals surface area contributed by atoms with Crippen molar-refractivity contribution in [3.05, 3.63) is 77.8 Å². The zero-order valence-electron chi connectivity index (χ0n) is 15.8. The number of thiocarbonyl (C=S) groups is 1. The monoisotopic (exact) mass is 434 g/mol. The van der Waals surface area contributed by atoms with Gasteiger partial charge in [0.15, 0.2) is 5.76 Å². The van der Waals surface area contributed by atoms with E-state index in [1.165, 1.54) is 24.3 Å². The molecule has 0 amide bonds. The fourth-order valence-corrected chi connectivity index (χ4v) is 3.72. The number of alkyl halides is 3. The predicted molar refractivity (Wildman–Crippen MR) is 111 cm³/mol. The fraction of sp³-hybridized carbons (Fsp3) is 0.227. The molecule has 8 heteroatoms. The first-order valence-corrected chi connectivity index (χ1v) is 9.79. The molecule has 156 valence electrons. The maximum Gasteiger partial charge on any atom is 0.416 e. The van der Waals surface area contributed by atoms with Crippen LogP contribution in [0.4, 0.5) is 23.2 Å². The summed E-state index contributed by atoms with van der Waals surface area (Å²) in [6, 6.07) is 14.9. The van der Waals surface area contributed by atoms with Crippen molar-refractivity contribution in [2.45, 2.75) is 6.18 Å². The van der Waals surface area contributed by atoms with Crippen LogP contribution >= 0.6 is 12.2 Å². The molecule has 2 aromatic carbocycles. The Bertz CT molecular complexity index is 1040. The van der Waals surface area contributed by atoms with Crippen LogP contribution in [0.2, 0.25) is 0 Å². The SMILES string of the molecule is Fc1ccc(-c2ccc(C(=S)N3CCN(c4cccc(C(F)(F)F)c4)CC3)o2)cc1. The van der Waals surface area contributed by atoms with Crippen LogP contribution in [0, 0.1) is 5.82 Å². The van der Waals surface area contributed by atoms with Gasteiger partial charge < -0.3 is 14.2 Å². The molecule has 0 N–H and O–H groups in total. The number of hydrogen-bond donors (Lipinski definition) is 0. The van der Waals surface area contributed by atoms with Crippen LogP contribution in [0.5, 0.6) is 0 Å². The third kappa shape index (κ3) is 4.33. The van der Waals surface area contributed by atoms with Gasteiger partial charge in [-0.2, -0.15) is 13.2 Å². The summed E-state index contributed by atoms with van der Waals surface area (Å²) in [5, 5.41) is 0. The number of hydrogen-bond acceptors (Lipinski definition) is 3. The van der Waals surface area contributed by atoms with Crippen molar-refractivity contribution >= 4 is 22.9 Å². The summed E-state index contributed by atoms with van der Waals surface area (Å²) in [5.41, 5.74) is 0.647. The lowest BCUT2D eigenvalue weighted by Crippen LogP contribution is -2.48. The number of furan rings is 1. The van der Waals surface area contributed by atoms with Gasteiger partial charge in [0, 0.05) is 37.4 Å². The standard InChI is InChI=1S/C22H18F4N2OS/c23-17-6-4-15(5-7-17)19-8-9-20(29-19)21(30)28-12-10-27(11-13-28)18-3-1-2-16(14-18)22(24,25)26/h1-9,14H,10-13H2. The van der Waals surface area contributed by atoms with Crippen LogP contribution in [-0.4, -0.2) is 36.1 Å². The van der Waals surface area contributed by atoms with Gasteiger partial charge in [0.25, 0.3) is 0 Å². The predicted octanol–water partition coefficient (Wildman–Crippen LogP) is 5.60. The van der Waals surface area contributed by atoms with Crippen molar-refractivity contribution in [1.29, 1.82) is 0 Å². The van der Waals surface area contributed by atoms with Crippen LogP contribution < -0.4 is 4.90 Å². The van der Waals surface area contributed by atoms with Gasteiger partial charge in [-0.25, -0.2) is 4.39 Å². The fourth-order valence-electron chi connectivity index (χ4n) is 3.42. The summed E-state index contributed by atoms with van der Waals surface area (Å²) in [7, 11) is 0.